The maximum Gasteiger partial charge on any atom is 0.0116 e. The van der Waals surface area contributed by atoms with Crippen molar-refractivity contribution < 1.29 is 0 Å². The number of hydrogen-bond donors (Lipinski definition) is 1. The lowest BCUT2D eigenvalue weighted by molar-refractivity contribution is 0.251. The molecule has 1 nitrogen and oxygen atoms in total. The van der Waals surface area contributed by atoms with Gasteiger partial charge >= 0.3 is 0 Å². The highest BCUT2D eigenvalue weighted by molar-refractivity contribution is 4.83. The molecule has 0 aromatic carbocycles. The first kappa shape index (κ1) is 11.0. The molecule has 1 unspecified atom stereocenters. The SMILES string of the molecule is CCNC(CCC1CC1)C(C)(C)C. The van der Waals surface area contributed by atoms with Crippen molar-refractivity contribution in [1.29, 1.82) is 0 Å². The zero-order chi connectivity index (χ0) is 9.90. The molecule has 0 saturated heterocycles. The van der Waals surface area contributed by atoms with E-state index in [1.807, 2.05) is 0 Å². The molecule has 0 aromatic rings. The average Bonchev–Trinajstić information content (AvgIpc) is 2.78. The van der Waals surface area contributed by atoms with Gasteiger partial charge in [-0.15, -0.1) is 0 Å². The molecule has 0 amide bonds. The fraction of sp³-hybridized carbons (Fsp3) is 1.00. The van der Waals surface area contributed by atoms with E-state index < -0.39 is 0 Å². The highest BCUT2D eigenvalue weighted by Gasteiger charge is 2.27. The fourth-order valence-electron chi connectivity index (χ4n) is 1.90. The van der Waals surface area contributed by atoms with Crippen molar-refractivity contribution in [3.8, 4) is 0 Å². The van der Waals surface area contributed by atoms with Crippen LogP contribution in [0, 0.1) is 11.3 Å². The normalized spacial score (nSPS) is 20.3. The molecule has 0 spiro atoms. The standard InChI is InChI=1S/C12H25N/c1-5-13-11(12(2,3)4)9-8-10-6-7-10/h10-11,13H,5-9H2,1-4H3. The van der Waals surface area contributed by atoms with E-state index in [0.717, 1.165) is 12.5 Å². The van der Waals surface area contributed by atoms with Crippen LogP contribution in [0.25, 0.3) is 0 Å². The first-order valence-electron chi connectivity index (χ1n) is 5.77. The smallest absolute Gasteiger partial charge is 0.0116 e. The summed E-state index contributed by atoms with van der Waals surface area (Å²) in [4.78, 5) is 0. The highest BCUT2D eigenvalue weighted by atomic mass is 14.9. The second-order valence-corrected chi connectivity index (χ2v) is 5.50. The lowest BCUT2D eigenvalue weighted by atomic mass is 9.83. The van der Waals surface area contributed by atoms with Crippen molar-refractivity contribution >= 4 is 0 Å². The second kappa shape index (κ2) is 4.45. The molecular formula is C12H25N. The summed E-state index contributed by atoms with van der Waals surface area (Å²) in [6, 6.07) is 0.707. The predicted octanol–water partition coefficient (Wildman–Crippen LogP) is 3.20. The minimum Gasteiger partial charge on any atom is -0.314 e. The quantitative estimate of drug-likeness (QED) is 0.690. The molecule has 78 valence electrons. The van der Waals surface area contributed by atoms with E-state index in [1.165, 1.54) is 25.7 Å². The molecule has 0 aromatic heterocycles. The Hall–Kier alpha value is -0.0400. The third kappa shape index (κ3) is 4.12. The average molecular weight is 183 g/mol. The zero-order valence-electron chi connectivity index (χ0n) is 9.69. The van der Waals surface area contributed by atoms with Crippen LogP contribution in [-0.4, -0.2) is 12.6 Å². The number of hydrogen-bond acceptors (Lipinski definition) is 1. The summed E-state index contributed by atoms with van der Waals surface area (Å²) in [6.07, 6.45) is 5.78. The van der Waals surface area contributed by atoms with E-state index in [2.05, 4.69) is 33.0 Å². The van der Waals surface area contributed by atoms with Crippen LogP contribution < -0.4 is 5.32 Å². The monoisotopic (exact) mass is 183 g/mol. The van der Waals surface area contributed by atoms with Crippen molar-refractivity contribution in [2.75, 3.05) is 6.54 Å². The first-order valence-corrected chi connectivity index (χ1v) is 5.77. The van der Waals surface area contributed by atoms with E-state index in [-0.39, 0.29) is 0 Å². The van der Waals surface area contributed by atoms with Crippen molar-refractivity contribution in [1.82, 2.24) is 5.32 Å². The Morgan fingerprint density at radius 2 is 1.92 bits per heavy atom. The van der Waals surface area contributed by atoms with Gasteiger partial charge in [0.1, 0.15) is 0 Å². The summed E-state index contributed by atoms with van der Waals surface area (Å²) in [5, 5.41) is 3.61. The van der Waals surface area contributed by atoms with Gasteiger partial charge < -0.3 is 5.32 Å². The fourth-order valence-corrected chi connectivity index (χ4v) is 1.90. The molecule has 1 N–H and O–H groups in total. The molecule has 13 heavy (non-hydrogen) atoms. The largest absolute Gasteiger partial charge is 0.314 e. The molecule has 1 atom stereocenters. The Morgan fingerprint density at radius 3 is 2.31 bits per heavy atom. The van der Waals surface area contributed by atoms with Gasteiger partial charge in [-0.2, -0.15) is 0 Å². The van der Waals surface area contributed by atoms with Gasteiger partial charge in [0.25, 0.3) is 0 Å². The van der Waals surface area contributed by atoms with Gasteiger partial charge in [-0.1, -0.05) is 40.5 Å². The third-order valence-electron chi connectivity index (χ3n) is 3.06. The zero-order valence-corrected chi connectivity index (χ0v) is 9.69. The second-order valence-electron chi connectivity index (χ2n) is 5.50. The van der Waals surface area contributed by atoms with Crippen LogP contribution in [0.1, 0.15) is 53.4 Å². The summed E-state index contributed by atoms with van der Waals surface area (Å²) in [6.45, 7) is 10.3. The Bertz CT molecular complexity index is 142. The predicted molar refractivity (Wildman–Crippen MR) is 58.9 cm³/mol. The van der Waals surface area contributed by atoms with Crippen molar-refractivity contribution in [3.05, 3.63) is 0 Å². The summed E-state index contributed by atoms with van der Waals surface area (Å²) < 4.78 is 0. The van der Waals surface area contributed by atoms with Gasteiger partial charge in [0.05, 0.1) is 0 Å². The molecule has 1 aliphatic rings. The van der Waals surface area contributed by atoms with Gasteiger partial charge in [0.2, 0.25) is 0 Å². The van der Waals surface area contributed by atoms with Gasteiger partial charge in [-0.05, 0) is 30.7 Å². The minimum atomic E-state index is 0.422. The molecular weight excluding hydrogens is 158 g/mol. The van der Waals surface area contributed by atoms with Crippen molar-refractivity contribution in [3.63, 3.8) is 0 Å². The Labute approximate surface area is 83.3 Å². The van der Waals surface area contributed by atoms with Crippen molar-refractivity contribution in [2.24, 2.45) is 11.3 Å². The van der Waals surface area contributed by atoms with Gasteiger partial charge in [-0.3, -0.25) is 0 Å². The Kier molecular flexibility index (Phi) is 3.78. The van der Waals surface area contributed by atoms with Crippen LogP contribution >= 0.6 is 0 Å². The summed E-state index contributed by atoms with van der Waals surface area (Å²) in [5.74, 6) is 1.07. The van der Waals surface area contributed by atoms with Crippen LogP contribution in [0.4, 0.5) is 0 Å². The van der Waals surface area contributed by atoms with Crippen LogP contribution in [0.2, 0.25) is 0 Å². The van der Waals surface area contributed by atoms with Crippen LogP contribution in [0.5, 0.6) is 0 Å². The van der Waals surface area contributed by atoms with Crippen molar-refractivity contribution in [2.45, 2.75) is 59.4 Å². The Morgan fingerprint density at radius 1 is 1.31 bits per heavy atom. The van der Waals surface area contributed by atoms with E-state index in [9.17, 15) is 0 Å². The topological polar surface area (TPSA) is 12.0 Å². The highest BCUT2D eigenvalue weighted by Crippen LogP contribution is 2.35. The molecule has 0 radical (unpaired) electrons. The molecule has 1 rings (SSSR count). The van der Waals surface area contributed by atoms with Gasteiger partial charge in [-0.25, -0.2) is 0 Å². The number of nitrogens with one attached hydrogen (secondary N) is 1. The number of rotatable bonds is 5. The van der Waals surface area contributed by atoms with Gasteiger partial charge in [0, 0.05) is 6.04 Å². The molecule has 0 aliphatic heterocycles. The first-order chi connectivity index (χ1) is 6.04. The lowest BCUT2D eigenvalue weighted by Gasteiger charge is -2.31. The molecule has 0 bridgehead atoms. The van der Waals surface area contributed by atoms with E-state index in [4.69, 9.17) is 0 Å². The summed E-state index contributed by atoms with van der Waals surface area (Å²) in [5.41, 5.74) is 0.422. The molecule has 1 saturated carbocycles. The van der Waals surface area contributed by atoms with E-state index in [1.54, 1.807) is 0 Å². The maximum atomic E-state index is 3.61. The summed E-state index contributed by atoms with van der Waals surface area (Å²) in [7, 11) is 0. The molecule has 1 fully saturated rings. The van der Waals surface area contributed by atoms with Crippen LogP contribution in [-0.2, 0) is 0 Å². The van der Waals surface area contributed by atoms with Crippen LogP contribution in [0.15, 0.2) is 0 Å². The Balaban J connectivity index is 2.27. The third-order valence-corrected chi connectivity index (χ3v) is 3.06. The molecule has 0 heterocycles. The van der Waals surface area contributed by atoms with Gasteiger partial charge in [0.15, 0.2) is 0 Å². The minimum absolute atomic E-state index is 0.422. The lowest BCUT2D eigenvalue weighted by Crippen LogP contribution is -2.40. The molecule has 1 aliphatic carbocycles. The summed E-state index contributed by atoms with van der Waals surface area (Å²) >= 11 is 0. The van der Waals surface area contributed by atoms with E-state index in [0.29, 0.717) is 11.5 Å². The maximum absolute atomic E-state index is 3.61. The van der Waals surface area contributed by atoms with Crippen LogP contribution in [0.3, 0.4) is 0 Å². The van der Waals surface area contributed by atoms with E-state index >= 15 is 0 Å². The molecule has 1 heteroatoms.